The first-order valence-electron chi connectivity index (χ1n) is 8.42. The minimum Gasteiger partial charge on any atom is -0.493 e. The van der Waals surface area contributed by atoms with E-state index < -0.39 is 0 Å². The summed E-state index contributed by atoms with van der Waals surface area (Å²) in [6.45, 7) is 1.75. The predicted molar refractivity (Wildman–Crippen MR) is 108 cm³/mol. The Hall–Kier alpha value is -3.39. The average Bonchev–Trinajstić information content (AvgIpc) is 3.19. The number of nitrogens with zero attached hydrogens (tertiary/aromatic N) is 1. The van der Waals surface area contributed by atoms with Gasteiger partial charge >= 0.3 is 0 Å². The minimum atomic E-state index is -0.302. The molecular formula is C20H19N3O4S. The van der Waals surface area contributed by atoms with Crippen LogP contribution in [0.3, 0.4) is 0 Å². The summed E-state index contributed by atoms with van der Waals surface area (Å²) >= 11 is 1.50. The largest absolute Gasteiger partial charge is 0.493 e. The molecular weight excluding hydrogens is 378 g/mol. The molecule has 0 saturated heterocycles. The third-order valence-electron chi connectivity index (χ3n) is 3.73. The molecule has 144 valence electrons. The molecule has 0 aliphatic heterocycles. The van der Waals surface area contributed by atoms with Crippen molar-refractivity contribution in [1.29, 1.82) is 0 Å². The number of hydrogen-bond acceptors (Lipinski definition) is 6. The van der Waals surface area contributed by atoms with Gasteiger partial charge in [0, 0.05) is 29.2 Å². The maximum absolute atomic E-state index is 12.6. The zero-order chi connectivity index (χ0) is 19.9. The minimum absolute atomic E-state index is 0.179. The molecule has 0 aliphatic carbocycles. The Labute approximate surface area is 166 Å². The molecule has 1 heterocycles. The van der Waals surface area contributed by atoms with Crippen LogP contribution in [0, 0.1) is 0 Å². The van der Waals surface area contributed by atoms with E-state index in [9.17, 15) is 9.59 Å². The Morgan fingerprint density at radius 1 is 1.07 bits per heavy atom. The lowest BCUT2D eigenvalue weighted by Crippen LogP contribution is -2.13. The van der Waals surface area contributed by atoms with Gasteiger partial charge < -0.3 is 20.1 Å². The molecule has 0 spiro atoms. The fraction of sp³-hybridized carbons (Fsp3) is 0.150. The van der Waals surface area contributed by atoms with E-state index in [1.165, 1.54) is 25.4 Å². The first-order chi connectivity index (χ1) is 13.5. The SMILES string of the molecule is COc1cc(C(=O)Nc2cccc(NC(C)=O)c2)ccc1OCc1cscn1. The summed E-state index contributed by atoms with van der Waals surface area (Å²) in [6.07, 6.45) is 0. The zero-order valence-electron chi connectivity index (χ0n) is 15.4. The summed E-state index contributed by atoms with van der Waals surface area (Å²) in [5.41, 5.74) is 4.16. The van der Waals surface area contributed by atoms with Crippen LogP contribution in [-0.2, 0) is 11.4 Å². The molecule has 0 fully saturated rings. The van der Waals surface area contributed by atoms with Gasteiger partial charge in [-0.1, -0.05) is 6.07 Å². The molecule has 7 nitrogen and oxygen atoms in total. The van der Waals surface area contributed by atoms with Gasteiger partial charge in [-0.2, -0.15) is 0 Å². The van der Waals surface area contributed by atoms with Gasteiger partial charge in [0.05, 0.1) is 18.3 Å². The van der Waals surface area contributed by atoms with Crippen molar-refractivity contribution in [2.24, 2.45) is 0 Å². The molecule has 0 radical (unpaired) electrons. The number of ether oxygens (including phenoxy) is 2. The summed E-state index contributed by atoms with van der Waals surface area (Å²) < 4.78 is 11.1. The van der Waals surface area contributed by atoms with E-state index in [2.05, 4.69) is 15.6 Å². The van der Waals surface area contributed by atoms with Gasteiger partial charge in [0.2, 0.25) is 5.91 Å². The molecule has 2 amide bonds. The van der Waals surface area contributed by atoms with Gasteiger partial charge in [-0.05, 0) is 36.4 Å². The van der Waals surface area contributed by atoms with Crippen LogP contribution in [0.4, 0.5) is 11.4 Å². The highest BCUT2D eigenvalue weighted by atomic mass is 32.1. The van der Waals surface area contributed by atoms with Crippen molar-refractivity contribution in [3.05, 3.63) is 64.6 Å². The number of amides is 2. The standard InChI is InChI=1S/C20H19N3O4S/c1-13(24)22-15-4-3-5-16(9-15)23-20(25)14-6-7-18(19(8-14)26-2)27-10-17-11-28-12-21-17/h3-9,11-12H,10H2,1-2H3,(H,22,24)(H,23,25). The van der Waals surface area contributed by atoms with E-state index in [4.69, 9.17) is 9.47 Å². The molecule has 0 aliphatic rings. The van der Waals surface area contributed by atoms with Crippen molar-refractivity contribution in [2.45, 2.75) is 13.5 Å². The number of hydrogen-bond donors (Lipinski definition) is 2. The molecule has 0 saturated carbocycles. The lowest BCUT2D eigenvalue weighted by Gasteiger charge is -2.12. The Morgan fingerprint density at radius 2 is 1.86 bits per heavy atom. The number of aromatic nitrogens is 1. The highest BCUT2D eigenvalue weighted by molar-refractivity contribution is 7.07. The van der Waals surface area contributed by atoms with Gasteiger partial charge in [-0.3, -0.25) is 9.59 Å². The molecule has 3 aromatic rings. The monoisotopic (exact) mass is 397 g/mol. The van der Waals surface area contributed by atoms with Gasteiger partial charge in [0.1, 0.15) is 6.61 Å². The molecule has 0 unspecified atom stereocenters. The third-order valence-corrected chi connectivity index (χ3v) is 4.36. The van der Waals surface area contributed by atoms with Crippen molar-refractivity contribution in [3.63, 3.8) is 0 Å². The van der Waals surface area contributed by atoms with Crippen LogP contribution in [0.1, 0.15) is 23.0 Å². The van der Waals surface area contributed by atoms with Crippen molar-refractivity contribution in [3.8, 4) is 11.5 Å². The van der Waals surface area contributed by atoms with E-state index in [-0.39, 0.29) is 11.8 Å². The van der Waals surface area contributed by atoms with E-state index in [0.29, 0.717) is 35.0 Å². The highest BCUT2D eigenvalue weighted by Crippen LogP contribution is 2.29. The van der Waals surface area contributed by atoms with Crippen LogP contribution < -0.4 is 20.1 Å². The first-order valence-corrected chi connectivity index (χ1v) is 9.36. The third kappa shape index (κ3) is 5.08. The number of carbonyl (C=O) groups is 2. The Morgan fingerprint density at radius 3 is 2.54 bits per heavy atom. The zero-order valence-corrected chi connectivity index (χ0v) is 16.2. The summed E-state index contributed by atoms with van der Waals surface area (Å²) in [6, 6.07) is 11.9. The fourth-order valence-corrected chi connectivity index (χ4v) is 3.01. The van der Waals surface area contributed by atoms with Crippen molar-refractivity contribution < 1.29 is 19.1 Å². The van der Waals surface area contributed by atoms with Crippen molar-refractivity contribution in [2.75, 3.05) is 17.7 Å². The van der Waals surface area contributed by atoms with Gasteiger partial charge in [-0.15, -0.1) is 11.3 Å². The lowest BCUT2D eigenvalue weighted by molar-refractivity contribution is -0.114. The van der Waals surface area contributed by atoms with Crippen LogP contribution in [0.25, 0.3) is 0 Å². The normalized spacial score (nSPS) is 10.2. The van der Waals surface area contributed by atoms with Crippen LogP contribution >= 0.6 is 11.3 Å². The quantitative estimate of drug-likeness (QED) is 0.630. The second-order valence-corrected chi connectivity index (χ2v) is 6.57. The van der Waals surface area contributed by atoms with Crippen LogP contribution in [0.5, 0.6) is 11.5 Å². The Bertz CT molecular complexity index is 973. The number of methoxy groups -OCH3 is 1. The van der Waals surface area contributed by atoms with Crippen LogP contribution in [-0.4, -0.2) is 23.9 Å². The average molecular weight is 397 g/mol. The van der Waals surface area contributed by atoms with Crippen LogP contribution in [0.2, 0.25) is 0 Å². The number of nitrogens with one attached hydrogen (secondary N) is 2. The summed E-state index contributed by atoms with van der Waals surface area (Å²) in [5, 5.41) is 7.39. The van der Waals surface area contributed by atoms with Crippen molar-refractivity contribution in [1.82, 2.24) is 4.98 Å². The fourth-order valence-electron chi connectivity index (χ4n) is 2.47. The van der Waals surface area contributed by atoms with Gasteiger partial charge in [0.25, 0.3) is 5.91 Å². The molecule has 8 heteroatoms. The van der Waals surface area contributed by atoms with Gasteiger partial charge in [0.15, 0.2) is 11.5 Å². The second kappa shape index (κ2) is 9.01. The maximum Gasteiger partial charge on any atom is 0.255 e. The van der Waals surface area contributed by atoms with Gasteiger partial charge in [-0.25, -0.2) is 4.98 Å². The molecule has 2 aromatic carbocycles. The van der Waals surface area contributed by atoms with E-state index >= 15 is 0 Å². The molecule has 0 bridgehead atoms. The predicted octanol–water partition coefficient (Wildman–Crippen LogP) is 3.94. The molecule has 28 heavy (non-hydrogen) atoms. The molecule has 0 atom stereocenters. The number of benzene rings is 2. The highest BCUT2D eigenvalue weighted by Gasteiger charge is 2.12. The Kier molecular flexibility index (Phi) is 6.23. The topological polar surface area (TPSA) is 89.6 Å². The number of anilines is 2. The second-order valence-electron chi connectivity index (χ2n) is 5.85. The summed E-state index contributed by atoms with van der Waals surface area (Å²) in [4.78, 5) is 27.9. The summed E-state index contributed by atoms with van der Waals surface area (Å²) in [7, 11) is 1.52. The Balaban J connectivity index is 1.70. The summed E-state index contributed by atoms with van der Waals surface area (Å²) in [5.74, 6) is 0.500. The van der Waals surface area contributed by atoms with Crippen LogP contribution in [0.15, 0.2) is 53.4 Å². The smallest absolute Gasteiger partial charge is 0.255 e. The number of thiazole rings is 1. The molecule has 2 N–H and O–H groups in total. The van der Waals surface area contributed by atoms with E-state index in [0.717, 1.165) is 5.69 Å². The lowest BCUT2D eigenvalue weighted by atomic mass is 10.1. The number of rotatable bonds is 7. The number of carbonyl (C=O) groups excluding carboxylic acids is 2. The van der Waals surface area contributed by atoms with E-state index in [1.54, 1.807) is 48.0 Å². The van der Waals surface area contributed by atoms with E-state index in [1.807, 2.05) is 5.38 Å². The van der Waals surface area contributed by atoms with Crippen molar-refractivity contribution >= 4 is 34.5 Å². The maximum atomic E-state index is 12.6. The molecule has 3 rings (SSSR count). The molecule has 1 aromatic heterocycles. The first kappa shape index (κ1) is 19.4.